The quantitative estimate of drug-likeness (QED) is 0.817. The van der Waals surface area contributed by atoms with Crippen molar-refractivity contribution in [2.24, 2.45) is 11.8 Å². The van der Waals surface area contributed by atoms with Gasteiger partial charge in [-0.05, 0) is 48.2 Å². The Balaban J connectivity index is 1.85. The van der Waals surface area contributed by atoms with Gasteiger partial charge in [0.05, 0.1) is 5.92 Å². The first-order chi connectivity index (χ1) is 13.4. The van der Waals surface area contributed by atoms with E-state index in [1.165, 1.54) is 0 Å². The van der Waals surface area contributed by atoms with Crippen molar-refractivity contribution < 1.29 is 9.59 Å². The van der Waals surface area contributed by atoms with E-state index in [0.29, 0.717) is 36.1 Å². The molecular formula is C23H27ClN2O2. The number of amides is 2. The average molecular weight is 399 g/mol. The molecule has 0 saturated carbocycles. The molecule has 3 rings (SSSR count). The summed E-state index contributed by atoms with van der Waals surface area (Å²) in [7, 11) is 0. The van der Waals surface area contributed by atoms with Crippen LogP contribution < -0.4 is 5.32 Å². The van der Waals surface area contributed by atoms with Gasteiger partial charge in [0.25, 0.3) is 5.91 Å². The molecule has 0 aliphatic carbocycles. The maximum absolute atomic E-state index is 13.0. The summed E-state index contributed by atoms with van der Waals surface area (Å²) < 4.78 is 0. The van der Waals surface area contributed by atoms with Crippen LogP contribution in [0.2, 0.25) is 5.02 Å². The monoisotopic (exact) mass is 398 g/mol. The van der Waals surface area contributed by atoms with Crippen LogP contribution in [0.4, 0.5) is 0 Å². The minimum Gasteiger partial charge on any atom is -0.356 e. The number of rotatable bonds is 5. The Kier molecular flexibility index (Phi) is 6.40. The first kappa shape index (κ1) is 20.4. The highest BCUT2D eigenvalue weighted by Gasteiger charge is 2.41. The largest absolute Gasteiger partial charge is 0.356 e. The third-order valence-electron chi connectivity index (χ3n) is 5.31. The number of carbonyl (C=O) groups excluding carboxylic acids is 2. The molecule has 0 aromatic heterocycles. The van der Waals surface area contributed by atoms with Crippen LogP contribution in [0.25, 0.3) is 0 Å². The van der Waals surface area contributed by atoms with Crippen LogP contribution in [-0.4, -0.2) is 36.3 Å². The van der Waals surface area contributed by atoms with E-state index in [-0.39, 0.29) is 23.7 Å². The average Bonchev–Trinajstić information content (AvgIpc) is 3.11. The summed E-state index contributed by atoms with van der Waals surface area (Å²) in [6, 6.07) is 15.0. The van der Waals surface area contributed by atoms with Gasteiger partial charge in [-0.15, -0.1) is 0 Å². The predicted molar refractivity (Wildman–Crippen MR) is 113 cm³/mol. The van der Waals surface area contributed by atoms with Gasteiger partial charge in [-0.3, -0.25) is 9.59 Å². The van der Waals surface area contributed by atoms with Gasteiger partial charge in [-0.1, -0.05) is 49.7 Å². The zero-order valence-electron chi connectivity index (χ0n) is 16.6. The minimum atomic E-state index is -0.254. The molecule has 4 nitrogen and oxygen atoms in total. The fourth-order valence-electron chi connectivity index (χ4n) is 3.76. The van der Waals surface area contributed by atoms with Gasteiger partial charge in [0.15, 0.2) is 0 Å². The fraction of sp³-hybridized carbons (Fsp3) is 0.391. The number of aryl methyl sites for hydroxylation is 1. The number of likely N-dealkylation sites (tertiary alicyclic amines) is 1. The molecule has 28 heavy (non-hydrogen) atoms. The van der Waals surface area contributed by atoms with Crippen molar-refractivity contribution in [2.45, 2.75) is 26.7 Å². The summed E-state index contributed by atoms with van der Waals surface area (Å²) in [6.07, 6.45) is 0. The van der Waals surface area contributed by atoms with Gasteiger partial charge < -0.3 is 10.2 Å². The van der Waals surface area contributed by atoms with Crippen LogP contribution in [0.5, 0.6) is 0 Å². The van der Waals surface area contributed by atoms with Crippen LogP contribution in [0.1, 0.15) is 41.3 Å². The molecule has 1 aliphatic heterocycles. The van der Waals surface area contributed by atoms with E-state index >= 15 is 0 Å². The predicted octanol–water partition coefficient (Wildman–Crippen LogP) is 4.28. The Hall–Kier alpha value is -2.33. The molecule has 2 amide bonds. The standard InChI is InChI=1S/C23H27ClN2O2/c1-15(2)12-25-22(27)21-14-26(23(28)17-8-10-18(24)11-9-17)13-20(21)19-7-5-4-6-16(19)3/h4-11,15,20-21H,12-14H2,1-3H3,(H,25,27). The summed E-state index contributed by atoms with van der Waals surface area (Å²) in [5.74, 6) is 0.0811. The number of carbonyl (C=O) groups is 2. The number of hydrogen-bond donors (Lipinski definition) is 1. The molecule has 0 radical (unpaired) electrons. The summed E-state index contributed by atoms with van der Waals surface area (Å²) in [6.45, 7) is 7.80. The van der Waals surface area contributed by atoms with Crippen molar-refractivity contribution in [3.8, 4) is 0 Å². The number of benzene rings is 2. The summed E-state index contributed by atoms with van der Waals surface area (Å²) in [4.78, 5) is 27.7. The normalized spacial score (nSPS) is 19.1. The van der Waals surface area contributed by atoms with E-state index in [9.17, 15) is 9.59 Å². The molecule has 1 N–H and O–H groups in total. The molecule has 5 heteroatoms. The number of nitrogens with zero attached hydrogens (tertiary/aromatic N) is 1. The second-order valence-corrected chi connectivity index (χ2v) is 8.36. The smallest absolute Gasteiger partial charge is 0.253 e. The molecular weight excluding hydrogens is 372 g/mol. The number of nitrogens with one attached hydrogen (secondary N) is 1. The van der Waals surface area contributed by atoms with Crippen molar-refractivity contribution >= 4 is 23.4 Å². The highest BCUT2D eigenvalue weighted by Crippen LogP contribution is 2.35. The molecule has 2 aromatic carbocycles. The first-order valence-corrected chi connectivity index (χ1v) is 10.1. The van der Waals surface area contributed by atoms with Crippen molar-refractivity contribution in [1.29, 1.82) is 0 Å². The maximum atomic E-state index is 13.0. The third-order valence-corrected chi connectivity index (χ3v) is 5.56. The van der Waals surface area contributed by atoms with Gasteiger partial charge in [-0.2, -0.15) is 0 Å². The Morgan fingerprint density at radius 3 is 2.43 bits per heavy atom. The van der Waals surface area contributed by atoms with Crippen molar-refractivity contribution in [1.82, 2.24) is 10.2 Å². The lowest BCUT2D eigenvalue weighted by Crippen LogP contribution is -2.37. The number of halogens is 1. The maximum Gasteiger partial charge on any atom is 0.253 e. The molecule has 0 bridgehead atoms. The van der Waals surface area contributed by atoms with Crippen LogP contribution in [0.3, 0.4) is 0 Å². The minimum absolute atomic E-state index is 0.00962. The lowest BCUT2D eigenvalue weighted by atomic mass is 9.86. The van der Waals surface area contributed by atoms with Gasteiger partial charge in [-0.25, -0.2) is 0 Å². The van der Waals surface area contributed by atoms with Crippen molar-refractivity contribution in [3.05, 3.63) is 70.2 Å². The lowest BCUT2D eigenvalue weighted by Gasteiger charge is -2.20. The van der Waals surface area contributed by atoms with Crippen LogP contribution in [-0.2, 0) is 4.79 Å². The second kappa shape index (κ2) is 8.78. The van der Waals surface area contributed by atoms with Gasteiger partial charge in [0, 0.05) is 36.1 Å². The third kappa shape index (κ3) is 4.56. The van der Waals surface area contributed by atoms with Crippen molar-refractivity contribution in [2.75, 3.05) is 19.6 Å². The molecule has 1 heterocycles. The second-order valence-electron chi connectivity index (χ2n) is 7.93. The molecule has 2 atom stereocenters. The number of hydrogen-bond acceptors (Lipinski definition) is 2. The Bertz CT molecular complexity index is 848. The van der Waals surface area contributed by atoms with E-state index in [1.54, 1.807) is 29.2 Å². The van der Waals surface area contributed by atoms with Crippen LogP contribution >= 0.6 is 11.6 Å². The zero-order chi connectivity index (χ0) is 20.3. The van der Waals surface area contributed by atoms with Crippen LogP contribution in [0, 0.1) is 18.8 Å². The zero-order valence-corrected chi connectivity index (χ0v) is 17.4. The molecule has 1 saturated heterocycles. The molecule has 2 aromatic rings. The summed E-state index contributed by atoms with van der Waals surface area (Å²) >= 11 is 5.94. The molecule has 0 spiro atoms. The van der Waals surface area contributed by atoms with Crippen LogP contribution in [0.15, 0.2) is 48.5 Å². The van der Waals surface area contributed by atoms with Gasteiger partial charge in [0.1, 0.15) is 0 Å². The highest BCUT2D eigenvalue weighted by atomic mass is 35.5. The fourth-order valence-corrected chi connectivity index (χ4v) is 3.89. The molecule has 2 unspecified atom stereocenters. The van der Waals surface area contributed by atoms with E-state index in [2.05, 4.69) is 38.2 Å². The lowest BCUT2D eigenvalue weighted by molar-refractivity contribution is -0.125. The SMILES string of the molecule is Cc1ccccc1C1CN(C(=O)c2ccc(Cl)cc2)CC1C(=O)NCC(C)C. The Morgan fingerprint density at radius 1 is 1.11 bits per heavy atom. The van der Waals surface area contributed by atoms with E-state index in [4.69, 9.17) is 11.6 Å². The Labute approximate surface area is 171 Å². The van der Waals surface area contributed by atoms with Crippen molar-refractivity contribution in [3.63, 3.8) is 0 Å². The van der Waals surface area contributed by atoms with E-state index in [0.717, 1.165) is 11.1 Å². The van der Waals surface area contributed by atoms with Gasteiger partial charge in [0.2, 0.25) is 5.91 Å². The first-order valence-electron chi connectivity index (χ1n) is 9.75. The topological polar surface area (TPSA) is 49.4 Å². The Morgan fingerprint density at radius 2 is 1.79 bits per heavy atom. The van der Waals surface area contributed by atoms with E-state index < -0.39 is 0 Å². The van der Waals surface area contributed by atoms with E-state index in [1.807, 2.05) is 12.1 Å². The summed E-state index contributed by atoms with van der Waals surface area (Å²) in [5.41, 5.74) is 2.88. The highest BCUT2D eigenvalue weighted by molar-refractivity contribution is 6.30. The molecule has 1 aliphatic rings. The van der Waals surface area contributed by atoms with Gasteiger partial charge >= 0.3 is 0 Å². The summed E-state index contributed by atoms with van der Waals surface area (Å²) in [5, 5.41) is 3.65. The molecule has 1 fully saturated rings. The molecule has 148 valence electrons.